The van der Waals surface area contributed by atoms with Gasteiger partial charge in [0.05, 0.1) is 30.0 Å². The number of carbonyl (C=O) groups is 1. The van der Waals surface area contributed by atoms with E-state index in [2.05, 4.69) is 25.6 Å². The van der Waals surface area contributed by atoms with Crippen molar-refractivity contribution in [1.29, 1.82) is 0 Å². The molecule has 1 aliphatic carbocycles. The number of aromatic nitrogens is 4. The lowest BCUT2D eigenvalue weighted by Gasteiger charge is -2.29. The van der Waals surface area contributed by atoms with E-state index in [-0.39, 0.29) is 17.5 Å². The van der Waals surface area contributed by atoms with Gasteiger partial charge in [0, 0.05) is 37.3 Å². The van der Waals surface area contributed by atoms with Crippen molar-refractivity contribution >= 4 is 23.4 Å². The Morgan fingerprint density at radius 1 is 0.871 bits per heavy atom. The second-order valence-electron chi connectivity index (χ2n) is 7.87. The molecule has 9 nitrogen and oxygen atoms in total. The molecule has 0 spiro atoms. The number of β-lactam (4-membered cyclic amide) rings is 1. The number of amides is 1. The summed E-state index contributed by atoms with van der Waals surface area (Å²) in [6.07, 6.45) is 10.4. The lowest BCUT2D eigenvalue weighted by Crippen LogP contribution is -2.43. The van der Waals surface area contributed by atoms with Gasteiger partial charge in [-0.1, -0.05) is 6.07 Å². The highest BCUT2D eigenvalue weighted by atomic mass is 16.2. The van der Waals surface area contributed by atoms with E-state index >= 15 is 0 Å². The maximum absolute atomic E-state index is 11.9. The van der Waals surface area contributed by atoms with E-state index < -0.39 is 0 Å². The Kier molecular flexibility index (Phi) is 5.07. The van der Waals surface area contributed by atoms with Crippen LogP contribution in [0.1, 0.15) is 25.7 Å². The zero-order chi connectivity index (χ0) is 21.2. The van der Waals surface area contributed by atoms with Crippen molar-refractivity contribution in [2.45, 2.75) is 37.8 Å². The molecule has 0 unspecified atom stereocenters. The smallest absolute Gasteiger partial charge is 0.255 e. The van der Waals surface area contributed by atoms with Gasteiger partial charge in [0.1, 0.15) is 5.82 Å². The van der Waals surface area contributed by atoms with Crippen LogP contribution in [0, 0.1) is 0 Å². The summed E-state index contributed by atoms with van der Waals surface area (Å²) >= 11 is 0. The molecule has 9 heteroatoms. The highest BCUT2D eigenvalue weighted by Gasteiger charge is 2.27. The Hall–Kier alpha value is -3.75. The van der Waals surface area contributed by atoms with Crippen molar-refractivity contribution < 1.29 is 4.79 Å². The second kappa shape index (κ2) is 8.17. The first-order chi connectivity index (χ1) is 15.2. The number of carbonyl (C=O) groups excluding carboxylic acids is 1. The molecule has 3 aromatic heterocycles. The fraction of sp³-hybridized carbons (Fsp3) is 0.318. The average molecular weight is 417 g/mol. The van der Waals surface area contributed by atoms with Gasteiger partial charge in [0.15, 0.2) is 0 Å². The third-order valence-corrected chi connectivity index (χ3v) is 5.77. The second-order valence-corrected chi connectivity index (χ2v) is 7.87. The molecule has 31 heavy (non-hydrogen) atoms. The zero-order valence-electron chi connectivity index (χ0n) is 16.9. The Balaban J connectivity index is 1.15. The molecule has 1 saturated heterocycles. The average Bonchev–Trinajstić information content (AvgIpc) is 3.22. The Labute approximate surface area is 179 Å². The Bertz CT molecular complexity index is 1130. The maximum atomic E-state index is 11.9. The van der Waals surface area contributed by atoms with Crippen molar-refractivity contribution in [1.82, 2.24) is 19.5 Å². The molecule has 0 radical (unpaired) electrons. The van der Waals surface area contributed by atoms with Gasteiger partial charge in [-0.2, -0.15) is 0 Å². The number of hydrogen-bond donors (Lipinski definition) is 2. The van der Waals surface area contributed by atoms with Crippen LogP contribution in [0.5, 0.6) is 0 Å². The lowest BCUT2D eigenvalue weighted by molar-refractivity contribution is -0.122. The minimum Gasteiger partial charge on any atom is -0.367 e. The standard InChI is InChI=1S/C22H23N7O2/c30-20-3-1-2-9-28(20)17-6-7-19(23-12-17)26-15-4-5-16(11-15)27-22-24-13-18(14-25-22)29-10-8-21(29)31/h1-3,6-7,9,12-16H,4-5,8,10-11H2,(H,23,26)(H,24,25,27)/t15-,16-/m0/s1. The van der Waals surface area contributed by atoms with Crippen molar-refractivity contribution in [3.05, 3.63) is 65.5 Å². The van der Waals surface area contributed by atoms with Crippen LogP contribution in [-0.2, 0) is 4.79 Å². The van der Waals surface area contributed by atoms with E-state index in [9.17, 15) is 9.59 Å². The van der Waals surface area contributed by atoms with E-state index in [1.165, 1.54) is 6.07 Å². The first-order valence-electron chi connectivity index (χ1n) is 10.5. The number of nitrogens with zero attached hydrogens (tertiary/aromatic N) is 5. The highest BCUT2D eigenvalue weighted by Crippen LogP contribution is 2.25. The molecular formula is C22H23N7O2. The first kappa shape index (κ1) is 19.2. The maximum Gasteiger partial charge on any atom is 0.255 e. The summed E-state index contributed by atoms with van der Waals surface area (Å²) in [5.74, 6) is 1.49. The molecule has 0 bridgehead atoms. The fourth-order valence-corrected chi connectivity index (χ4v) is 4.01. The van der Waals surface area contributed by atoms with E-state index in [1.54, 1.807) is 40.3 Å². The van der Waals surface area contributed by atoms with Gasteiger partial charge in [0.25, 0.3) is 5.56 Å². The molecule has 158 valence electrons. The zero-order valence-corrected chi connectivity index (χ0v) is 16.9. The van der Waals surface area contributed by atoms with Crippen LogP contribution < -0.4 is 21.1 Å². The molecule has 0 aromatic carbocycles. The van der Waals surface area contributed by atoms with Crippen molar-refractivity contribution in [2.24, 2.45) is 0 Å². The van der Waals surface area contributed by atoms with E-state index in [1.807, 2.05) is 18.2 Å². The topological polar surface area (TPSA) is 105 Å². The van der Waals surface area contributed by atoms with E-state index in [0.717, 1.165) is 43.0 Å². The Morgan fingerprint density at radius 2 is 1.65 bits per heavy atom. The number of anilines is 3. The van der Waals surface area contributed by atoms with Gasteiger partial charge in [-0.3, -0.25) is 14.2 Å². The van der Waals surface area contributed by atoms with Gasteiger partial charge in [0.2, 0.25) is 11.9 Å². The van der Waals surface area contributed by atoms with Crippen LogP contribution in [0.4, 0.5) is 17.5 Å². The third kappa shape index (κ3) is 4.11. The number of pyridine rings is 2. The fourth-order valence-electron chi connectivity index (χ4n) is 4.01. The quantitative estimate of drug-likeness (QED) is 0.593. The molecule has 2 atom stereocenters. The normalized spacial score (nSPS) is 20.4. The summed E-state index contributed by atoms with van der Waals surface area (Å²) in [5.41, 5.74) is 1.41. The molecule has 2 fully saturated rings. The molecule has 2 aliphatic rings. The van der Waals surface area contributed by atoms with Crippen LogP contribution in [0.2, 0.25) is 0 Å². The molecule has 1 saturated carbocycles. The molecular weight excluding hydrogens is 394 g/mol. The molecule has 2 N–H and O–H groups in total. The summed E-state index contributed by atoms with van der Waals surface area (Å²) < 4.78 is 1.56. The van der Waals surface area contributed by atoms with Gasteiger partial charge in [-0.05, 0) is 37.5 Å². The molecule has 4 heterocycles. The van der Waals surface area contributed by atoms with Gasteiger partial charge in [-0.25, -0.2) is 15.0 Å². The molecule has 3 aromatic rings. The van der Waals surface area contributed by atoms with Crippen LogP contribution in [-0.4, -0.2) is 44.1 Å². The van der Waals surface area contributed by atoms with Crippen LogP contribution in [0.15, 0.2) is 59.9 Å². The third-order valence-electron chi connectivity index (χ3n) is 5.77. The SMILES string of the molecule is O=C1CCN1c1cnc(N[C@H]2CC[C@H](Nc3ccc(-n4ccccc4=O)cn3)C2)nc1. The predicted molar refractivity (Wildman–Crippen MR) is 118 cm³/mol. The minimum absolute atomic E-state index is 0.0820. The number of hydrogen-bond acceptors (Lipinski definition) is 7. The first-order valence-corrected chi connectivity index (χ1v) is 10.5. The molecule has 1 amide bonds. The van der Waals surface area contributed by atoms with E-state index in [4.69, 9.17) is 0 Å². The lowest BCUT2D eigenvalue weighted by atomic mass is 10.2. The van der Waals surface area contributed by atoms with Gasteiger partial charge < -0.3 is 15.5 Å². The van der Waals surface area contributed by atoms with Crippen LogP contribution in [0.25, 0.3) is 5.69 Å². The minimum atomic E-state index is -0.0820. The summed E-state index contributed by atoms with van der Waals surface area (Å²) in [6, 6.07) is 9.43. The van der Waals surface area contributed by atoms with Crippen molar-refractivity contribution in [3.8, 4) is 5.69 Å². The largest absolute Gasteiger partial charge is 0.367 e. The predicted octanol–water partition coefficient (Wildman–Crippen LogP) is 2.20. The highest BCUT2D eigenvalue weighted by molar-refractivity contribution is 5.99. The van der Waals surface area contributed by atoms with Crippen molar-refractivity contribution in [3.63, 3.8) is 0 Å². The van der Waals surface area contributed by atoms with Gasteiger partial charge in [-0.15, -0.1) is 0 Å². The number of rotatable bonds is 6. The Morgan fingerprint density at radius 3 is 2.29 bits per heavy atom. The summed E-state index contributed by atoms with van der Waals surface area (Å²) in [7, 11) is 0. The summed E-state index contributed by atoms with van der Waals surface area (Å²) in [5, 5.41) is 6.85. The van der Waals surface area contributed by atoms with Crippen molar-refractivity contribution in [2.75, 3.05) is 22.1 Å². The molecule has 1 aliphatic heterocycles. The molecule has 5 rings (SSSR count). The van der Waals surface area contributed by atoms with Crippen LogP contribution in [0.3, 0.4) is 0 Å². The van der Waals surface area contributed by atoms with E-state index in [0.29, 0.717) is 18.4 Å². The number of nitrogens with one attached hydrogen (secondary N) is 2. The summed E-state index contributed by atoms with van der Waals surface area (Å²) in [4.78, 5) is 38.3. The monoisotopic (exact) mass is 417 g/mol. The summed E-state index contributed by atoms with van der Waals surface area (Å²) in [6.45, 7) is 0.738. The van der Waals surface area contributed by atoms with Gasteiger partial charge >= 0.3 is 0 Å². The van der Waals surface area contributed by atoms with Crippen LogP contribution >= 0.6 is 0 Å².